The lowest BCUT2D eigenvalue weighted by atomic mass is 10.1. The molecule has 1 heterocycles. The number of carbonyl (C=O) groups is 1. The molecule has 0 aliphatic carbocycles. The Bertz CT molecular complexity index is 480. The molecule has 0 aliphatic heterocycles. The number of hydrogen-bond acceptors (Lipinski definition) is 4. The zero-order chi connectivity index (χ0) is 10.9. The van der Waals surface area contributed by atoms with Gasteiger partial charge in [0.05, 0.1) is 0 Å². The van der Waals surface area contributed by atoms with Gasteiger partial charge in [0.25, 0.3) is 0 Å². The Morgan fingerprint density at radius 1 is 1.43 bits per heavy atom. The number of aryl methyl sites for hydroxylation is 1. The Hall–Kier alpha value is -1.27. The van der Waals surface area contributed by atoms with Crippen LogP contribution in [0.2, 0.25) is 0 Å². The molecule has 0 amide bonds. The number of rotatable bonds is 2. The minimum Gasteiger partial charge on any atom is -0.296 e. The number of carbonyl (C=O) groups excluding carboxylic acids is 1. The largest absolute Gasteiger partial charge is 0.296 e. The molecule has 0 atom stereocenters. The minimum absolute atomic E-state index is 0.143. The molecule has 0 radical (unpaired) electrons. The molecule has 0 saturated heterocycles. The van der Waals surface area contributed by atoms with E-state index in [4.69, 9.17) is 5.14 Å². The van der Waals surface area contributed by atoms with Crippen LogP contribution in [0.3, 0.4) is 0 Å². The van der Waals surface area contributed by atoms with Crippen molar-refractivity contribution in [3.8, 4) is 0 Å². The Balaban J connectivity index is 3.69. The zero-order valence-corrected chi connectivity index (χ0v) is 8.63. The van der Waals surface area contributed by atoms with Crippen molar-refractivity contribution >= 4 is 16.3 Å². The fourth-order valence-electron chi connectivity index (χ4n) is 1.14. The molecule has 5 nitrogen and oxygen atoms in total. The summed E-state index contributed by atoms with van der Waals surface area (Å²) < 4.78 is 22.3. The number of sulfonamides is 1. The molecule has 0 aromatic carbocycles. The molecule has 0 bridgehead atoms. The van der Waals surface area contributed by atoms with Crippen molar-refractivity contribution in [1.82, 2.24) is 4.98 Å². The second kappa shape index (κ2) is 3.47. The number of aldehydes is 1. The summed E-state index contributed by atoms with van der Waals surface area (Å²) in [4.78, 5) is 14.1. The van der Waals surface area contributed by atoms with E-state index in [1.807, 2.05) is 0 Å². The highest BCUT2D eigenvalue weighted by atomic mass is 32.2. The normalized spacial score (nSPS) is 11.4. The van der Waals surface area contributed by atoms with E-state index in [1.54, 1.807) is 13.8 Å². The van der Waals surface area contributed by atoms with Gasteiger partial charge in [-0.2, -0.15) is 0 Å². The van der Waals surface area contributed by atoms with Crippen LogP contribution in [-0.4, -0.2) is 19.7 Å². The lowest BCUT2D eigenvalue weighted by Crippen LogP contribution is -2.17. The molecule has 14 heavy (non-hydrogen) atoms. The van der Waals surface area contributed by atoms with Crippen molar-refractivity contribution in [2.45, 2.75) is 18.7 Å². The Labute approximate surface area is 82.0 Å². The topological polar surface area (TPSA) is 90.1 Å². The first-order valence-corrected chi connectivity index (χ1v) is 5.36. The van der Waals surface area contributed by atoms with E-state index < -0.39 is 10.0 Å². The molecular formula is C8H10N2O3S. The maximum atomic E-state index is 11.2. The standard InChI is InChI=1S/C8H10N2O3S/c1-5-3-10-7(4-11)8(6(5)2)14(9,12)13/h3-4H,1-2H3,(H2,9,12,13). The molecule has 1 aromatic heterocycles. The van der Waals surface area contributed by atoms with Gasteiger partial charge in [-0.05, 0) is 25.0 Å². The number of nitrogens with zero attached hydrogens (tertiary/aromatic N) is 1. The van der Waals surface area contributed by atoms with Gasteiger partial charge in [-0.15, -0.1) is 0 Å². The molecule has 6 heteroatoms. The number of hydrogen-bond donors (Lipinski definition) is 1. The van der Waals surface area contributed by atoms with Crippen molar-refractivity contribution < 1.29 is 13.2 Å². The second-order valence-corrected chi connectivity index (χ2v) is 4.44. The van der Waals surface area contributed by atoms with Gasteiger partial charge in [-0.1, -0.05) is 0 Å². The SMILES string of the molecule is Cc1cnc(C=O)c(S(N)(=O)=O)c1C. The maximum Gasteiger partial charge on any atom is 0.240 e. The molecule has 1 rings (SSSR count). The summed E-state index contributed by atoms with van der Waals surface area (Å²) in [5.41, 5.74) is 1.000. The average molecular weight is 214 g/mol. The maximum absolute atomic E-state index is 11.2. The predicted octanol–water partition coefficient (Wildman–Crippen LogP) is 0.158. The predicted molar refractivity (Wildman–Crippen MR) is 50.5 cm³/mol. The summed E-state index contributed by atoms with van der Waals surface area (Å²) >= 11 is 0. The lowest BCUT2D eigenvalue weighted by molar-refractivity contribution is 0.111. The van der Waals surface area contributed by atoms with Crippen molar-refractivity contribution in [3.63, 3.8) is 0 Å². The smallest absolute Gasteiger partial charge is 0.240 e. The van der Waals surface area contributed by atoms with Gasteiger partial charge in [-0.25, -0.2) is 13.6 Å². The summed E-state index contributed by atoms with van der Waals surface area (Å²) in [6.45, 7) is 3.29. The van der Waals surface area contributed by atoms with Crippen molar-refractivity contribution in [1.29, 1.82) is 0 Å². The van der Waals surface area contributed by atoms with Gasteiger partial charge < -0.3 is 0 Å². The fourth-order valence-corrected chi connectivity index (χ4v) is 2.12. The van der Waals surface area contributed by atoms with Crippen LogP contribution in [0.5, 0.6) is 0 Å². The third-order valence-corrected chi connectivity index (χ3v) is 3.04. The van der Waals surface area contributed by atoms with Crippen LogP contribution in [0.4, 0.5) is 0 Å². The molecule has 0 spiro atoms. The van der Waals surface area contributed by atoms with Crippen LogP contribution >= 0.6 is 0 Å². The van der Waals surface area contributed by atoms with Crippen molar-refractivity contribution in [2.75, 3.05) is 0 Å². The molecule has 76 valence electrons. The van der Waals surface area contributed by atoms with Crippen molar-refractivity contribution in [2.24, 2.45) is 5.14 Å². The molecule has 0 fully saturated rings. The van der Waals surface area contributed by atoms with E-state index >= 15 is 0 Å². The van der Waals surface area contributed by atoms with E-state index in [0.29, 0.717) is 17.4 Å². The number of primary sulfonamides is 1. The van der Waals surface area contributed by atoms with Gasteiger partial charge in [0.15, 0.2) is 6.29 Å². The van der Waals surface area contributed by atoms with Crippen LogP contribution in [0.25, 0.3) is 0 Å². The second-order valence-electron chi connectivity index (χ2n) is 2.94. The van der Waals surface area contributed by atoms with E-state index in [2.05, 4.69) is 4.98 Å². The van der Waals surface area contributed by atoms with Crippen LogP contribution in [0, 0.1) is 13.8 Å². The van der Waals surface area contributed by atoms with Crippen LogP contribution in [0.15, 0.2) is 11.1 Å². The van der Waals surface area contributed by atoms with E-state index in [1.165, 1.54) is 6.20 Å². The van der Waals surface area contributed by atoms with E-state index in [-0.39, 0.29) is 10.6 Å². The first-order valence-electron chi connectivity index (χ1n) is 3.82. The first-order chi connectivity index (χ1) is 6.38. The molecule has 1 aromatic rings. The molecule has 0 unspecified atom stereocenters. The number of nitrogens with two attached hydrogens (primary N) is 1. The van der Waals surface area contributed by atoms with Crippen molar-refractivity contribution in [3.05, 3.63) is 23.0 Å². The molecule has 0 saturated carbocycles. The van der Waals surface area contributed by atoms with Crippen LogP contribution < -0.4 is 5.14 Å². The van der Waals surface area contributed by atoms with Gasteiger partial charge in [0.2, 0.25) is 10.0 Å². The number of pyridine rings is 1. The molecule has 2 N–H and O–H groups in total. The van der Waals surface area contributed by atoms with E-state index in [0.717, 1.165) is 0 Å². The molecule has 0 aliphatic rings. The monoisotopic (exact) mass is 214 g/mol. The average Bonchev–Trinajstić information content (AvgIpc) is 2.07. The van der Waals surface area contributed by atoms with Crippen LogP contribution in [0.1, 0.15) is 21.6 Å². The third-order valence-electron chi connectivity index (χ3n) is 1.96. The van der Waals surface area contributed by atoms with Gasteiger partial charge in [-0.3, -0.25) is 9.78 Å². The summed E-state index contributed by atoms with van der Waals surface area (Å²) in [5, 5.41) is 4.98. The highest BCUT2D eigenvalue weighted by Crippen LogP contribution is 2.18. The molecular weight excluding hydrogens is 204 g/mol. The quantitative estimate of drug-likeness (QED) is 0.710. The van der Waals surface area contributed by atoms with Gasteiger partial charge >= 0.3 is 0 Å². The Morgan fingerprint density at radius 3 is 2.43 bits per heavy atom. The summed E-state index contributed by atoms with van der Waals surface area (Å²) in [7, 11) is -3.89. The summed E-state index contributed by atoms with van der Waals surface area (Å²) in [6, 6.07) is 0. The fraction of sp³-hybridized carbons (Fsp3) is 0.250. The highest BCUT2D eigenvalue weighted by Gasteiger charge is 2.18. The van der Waals surface area contributed by atoms with Crippen LogP contribution in [-0.2, 0) is 10.0 Å². The highest BCUT2D eigenvalue weighted by molar-refractivity contribution is 7.89. The Morgan fingerprint density at radius 2 is 2.00 bits per heavy atom. The first kappa shape index (κ1) is 10.8. The Kier molecular flexibility index (Phi) is 2.68. The van der Waals surface area contributed by atoms with E-state index in [9.17, 15) is 13.2 Å². The van der Waals surface area contributed by atoms with Gasteiger partial charge in [0.1, 0.15) is 10.6 Å². The number of aromatic nitrogens is 1. The minimum atomic E-state index is -3.89. The summed E-state index contributed by atoms with van der Waals surface area (Å²) in [6.07, 6.45) is 1.82. The van der Waals surface area contributed by atoms with Gasteiger partial charge in [0, 0.05) is 6.20 Å². The zero-order valence-electron chi connectivity index (χ0n) is 7.81. The summed E-state index contributed by atoms with van der Waals surface area (Å²) in [5.74, 6) is 0. The lowest BCUT2D eigenvalue weighted by Gasteiger charge is -2.07. The third kappa shape index (κ3) is 1.80.